The Labute approximate surface area is 124 Å². The van der Waals surface area contributed by atoms with Crippen LogP contribution in [0.25, 0.3) is 0 Å². The van der Waals surface area contributed by atoms with E-state index in [1.807, 2.05) is 0 Å². The van der Waals surface area contributed by atoms with Crippen LogP contribution in [0.4, 0.5) is 0 Å². The van der Waals surface area contributed by atoms with Gasteiger partial charge in [0, 0.05) is 16.7 Å². The summed E-state index contributed by atoms with van der Waals surface area (Å²) in [5, 5.41) is 0. The first-order valence-electron chi connectivity index (χ1n) is 6.17. The Morgan fingerprint density at radius 2 is 1.70 bits per heavy atom. The van der Waals surface area contributed by atoms with Crippen molar-refractivity contribution in [3.63, 3.8) is 0 Å². The number of aryl methyl sites for hydroxylation is 1. The van der Waals surface area contributed by atoms with Gasteiger partial charge in [0.15, 0.2) is 0 Å². The topological polar surface area (TPSA) is 80.3 Å². The van der Waals surface area contributed by atoms with Crippen molar-refractivity contribution in [2.75, 3.05) is 5.75 Å². The second-order valence-electron chi connectivity index (χ2n) is 4.54. The number of halogens is 1. The van der Waals surface area contributed by atoms with E-state index in [2.05, 4.69) is 4.72 Å². The fourth-order valence-electron chi connectivity index (χ4n) is 1.65. The molecule has 114 valence electrons. The van der Waals surface area contributed by atoms with Crippen molar-refractivity contribution in [1.29, 1.82) is 0 Å². The molecular formula is C12H18ClNO4S2. The highest BCUT2D eigenvalue weighted by molar-refractivity contribution is 8.13. The molecule has 8 heteroatoms. The van der Waals surface area contributed by atoms with Gasteiger partial charge in [-0.15, -0.1) is 0 Å². The largest absolute Gasteiger partial charge is 0.261 e. The first-order chi connectivity index (χ1) is 9.14. The van der Waals surface area contributed by atoms with Crippen LogP contribution in [0, 0.1) is 0 Å². The Kier molecular flexibility index (Phi) is 6.00. The van der Waals surface area contributed by atoms with Crippen LogP contribution in [0.3, 0.4) is 0 Å². The first-order valence-corrected chi connectivity index (χ1v) is 10.1. The van der Waals surface area contributed by atoms with E-state index in [9.17, 15) is 16.8 Å². The molecule has 1 aromatic carbocycles. The summed E-state index contributed by atoms with van der Waals surface area (Å²) < 4.78 is 47.5. The lowest BCUT2D eigenvalue weighted by atomic mass is 10.1. The van der Waals surface area contributed by atoms with Crippen LogP contribution < -0.4 is 4.72 Å². The maximum Gasteiger partial charge on any atom is 0.261 e. The van der Waals surface area contributed by atoms with Crippen LogP contribution >= 0.6 is 10.7 Å². The van der Waals surface area contributed by atoms with Crippen LogP contribution in [0.2, 0.25) is 0 Å². The molecule has 5 nitrogen and oxygen atoms in total. The van der Waals surface area contributed by atoms with Crippen molar-refractivity contribution in [2.24, 2.45) is 0 Å². The lowest BCUT2D eigenvalue weighted by molar-refractivity contribution is 0.548. The van der Waals surface area contributed by atoms with Crippen LogP contribution in [0.1, 0.15) is 25.8 Å². The second kappa shape index (κ2) is 6.89. The summed E-state index contributed by atoms with van der Waals surface area (Å²) in [6.07, 6.45) is 1.28. The number of sulfonamides is 1. The second-order valence-corrected chi connectivity index (χ2v) is 9.15. The van der Waals surface area contributed by atoms with Gasteiger partial charge >= 0.3 is 0 Å². The highest BCUT2D eigenvalue weighted by atomic mass is 35.7. The predicted molar refractivity (Wildman–Crippen MR) is 79.9 cm³/mol. The molecule has 1 atom stereocenters. The highest BCUT2D eigenvalue weighted by Crippen LogP contribution is 2.16. The Morgan fingerprint density at radius 3 is 2.15 bits per heavy atom. The van der Waals surface area contributed by atoms with Gasteiger partial charge in [-0.2, -0.15) is 0 Å². The van der Waals surface area contributed by atoms with Crippen molar-refractivity contribution in [3.8, 4) is 0 Å². The first kappa shape index (κ1) is 17.4. The number of hydrogen-bond donors (Lipinski definition) is 1. The predicted octanol–water partition coefficient (Wildman–Crippen LogP) is 1.87. The molecule has 0 amide bonds. The molecule has 0 spiro atoms. The molecule has 0 heterocycles. The lowest BCUT2D eigenvalue weighted by Gasteiger charge is -2.13. The van der Waals surface area contributed by atoms with Gasteiger partial charge in [-0.3, -0.25) is 0 Å². The molecule has 0 bridgehead atoms. The summed E-state index contributed by atoms with van der Waals surface area (Å²) >= 11 is 0. The molecule has 0 aromatic heterocycles. The number of nitrogens with one attached hydrogen (secondary N) is 1. The van der Waals surface area contributed by atoms with Crippen LogP contribution in [-0.2, 0) is 25.5 Å². The van der Waals surface area contributed by atoms with Gasteiger partial charge in [0.2, 0.25) is 10.0 Å². The van der Waals surface area contributed by atoms with Crippen molar-refractivity contribution in [2.45, 2.75) is 37.6 Å². The lowest BCUT2D eigenvalue weighted by Crippen LogP contribution is -2.34. The molecule has 1 unspecified atom stereocenters. The van der Waals surface area contributed by atoms with Crippen molar-refractivity contribution < 1.29 is 16.8 Å². The van der Waals surface area contributed by atoms with E-state index in [1.165, 1.54) is 12.1 Å². The van der Waals surface area contributed by atoms with Gasteiger partial charge in [0.25, 0.3) is 9.05 Å². The van der Waals surface area contributed by atoms with E-state index >= 15 is 0 Å². The molecule has 0 aliphatic rings. The Morgan fingerprint density at radius 1 is 1.15 bits per heavy atom. The van der Waals surface area contributed by atoms with Gasteiger partial charge in [-0.05, 0) is 44.4 Å². The fourth-order valence-corrected chi connectivity index (χ4v) is 3.32. The maximum absolute atomic E-state index is 11.4. The average Bonchev–Trinajstić information content (AvgIpc) is 2.35. The quantitative estimate of drug-likeness (QED) is 0.769. The van der Waals surface area contributed by atoms with Crippen LogP contribution in [0.5, 0.6) is 0 Å². The highest BCUT2D eigenvalue weighted by Gasteiger charge is 2.12. The summed E-state index contributed by atoms with van der Waals surface area (Å²) in [7, 11) is -1.67. The van der Waals surface area contributed by atoms with Crippen molar-refractivity contribution >= 4 is 29.8 Å². The molecule has 0 aliphatic heterocycles. The van der Waals surface area contributed by atoms with Gasteiger partial charge in [-0.1, -0.05) is 12.1 Å². The monoisotopic (exact) mass is 339 g/mol. The number of rotatable bonds is 7. The Balaban J connectivity index is 2.59. The number of hydrogen-bond acceptors (Lipinski definition) is 4. The SMILES string of the molecule is CCS(=O)(=O)NC(C)CCc1ccc(S(=O)(=O)Cl)cc1. The summed E-state index contributed by atoms with van der Waals surface area (Å²) in [6.45, 7) is 3.38. The molecule has 1 N–H and O–H groups in total. The summed E-state index contributed by atoms with van der Waals surface area (Å²) in [5.41, 5.74) is 0.927. The third kappa shape index (κ3) is 5.78. The van der Waals surface area contributed by atoms with E-state index in [-0.39, 0.29) is 16.7 Å². The van der Waals surface area contributed by atoms with Crippen molar-refractivity contribution in [3.05, 3.63) is 29.8 Å². The Bertz CT molecular complexity index is 639. The summed E-state index contributed by atoms with van der Waals surface area (Å²) in [6, 6.07) is 6.07. The molecule has 0 fully saturated rings. The molecule has 0 saturated carbocycles. The van der Waals surface area contributed by atoms with E-state index in [0.29, 0.717) is 12.8 Å². The van der Waals surface area contributed by atoms with E-state index in [4.69, 9.17) is 10.7 Å². The normalized spacial score (nSPS) is 14.2. The van der Waals surface area contributed by atoms with Crippen molar-refractivity contribution in [1.82, 2.24) is 4.72 Å². The molecule has 0 aliphatic carbocycles. The van der Waals surface area contributed by atoms with Gasteiger partial charge in [0.1, 0.15) is 0 Å². The molecule has 20 heavy (non-hydrogen) atoms. The minimum atomic E-state index is -3.70. The Hall–Kier alpha value is -0.630. The van der Waals surface area contributed by atoms with Crippen LogP contribution in [0.15, 0.2) is 29.2 Å². The fraction of sp³-hybridized carbons (Fsp3) is 0.500. The number of benzene rings is 1. The molecule has 0 saturated heterocycles. The maximum atomic E-state index is 11.4. The molecule has 1 aromatic rings. The van der Waals surface area contributed by atoms with Crippen LogP contribution in [-0.4, -0.2) is 28.6 Å². The van der Waals surface area contributed by atoms with E-state index in [1.54, 1.807) is 26.0 Å². The summed E-state index contributed by atoms with van der Waals surface area (Å²) in [4.78, 5) is 0.0580. The van der Waals surface area contributed by atoms with E-state index < -0.39 is 19.1 Å². The minimum Gasteiger partial charge on any atom is -0.212 e. The average molecular weight is 340 g/mol. The smallest absolute Gasteiger partial charge is 0.212 e. The zero-order chi connectivity index (χ0) is 15.4. The standard InChI is InChI=1S/C12H18ClNO4S2/c1-3-19(15,16)14-10(2)4-5-11-6-8-12(9-7-11)20(13,17)18/h6-10,14H,3-5H2,1-2H3. The van der Waals surface area contributed by atoms with Gasteiger partial charge in [-0.25, -0.2) is 21.6 Å². The summed E-state index contributed by atoms with van der Waals surface area (Å²) in [5.74, 6) is 0.0552. The molecule has 0 radical (unpaired) electrons. The third-order valence-corrected chi connectivity index (χ3v) is 5.72. The van der Waals surface area contributed by atoms with Gasteiger partial charge in [0.05, 0.1) is 10.6 Å². The zero-order valence-electron chi connectivity index (χ0n) is 11.3. The minimum absolute atomic E-state index is 0.0552. The molecular weight excluding hydrogens is 322 g/mol. The zero-order valence-corrected chi connectivity index (χ0v) is 13.7. The third-order valence-electron chi connectivity index (χ3n) is 2.83. The molecule has 1 rings (SSSR count). The van der Waals surface area contributed by atoms with E-state index in [0.717, 1.165) is 5.56 Å². The van der Waals surface area contributed by atoms with Gasteiger partial charge < -0.3 is 0 Å².